The van der Waals surface area contributed by atoms with Gasteiger partial charge in [-0.05, 0) is 43.5 Å². The monoisotopic (exact) mass is 374 g/mol. The minimum Gasteiger partial charge on any atom is -0.487 e. The molecule has 2 aromatic rings. The fourth-order valence-corrected chi connectivity index (χ4v) is 4.10. The summed E-state index contributed by atoms with van der Waals surface area (Å²) in [6, 6.07) is 7.50. The van der Waals surface area contributed by atoms with Gasteiger partial charge in [-0.2, -0.15) is 0 Å². The molecule has 1 aliphatic rings. The number of amides is 1. The van der Waals surface area contributed by atoms with Gasteiger partial charge in [0.2, 0.25) is 5.91 Å². The van der Waals surface area contributed by atoms with Crippen molar-refractivity contribution < 1.29 is 9.53 Å². The maximum absolute atomic E-state index is 12.0. The largest absolute Gasteiger partial charge is 0.487 e. The number of rotatable bonds is 7. The number of nitrogen functional groups attached to an aromatic ring is 1. The van der Waals surface area contributed by atoms with E-state index >= 15 is 0 Å². The molecule has 2 heterocycles. The third kappa shape index (κ3) is 4.74. The van der Waals surface area contributed by atoms with Crippen LogP contribution in [0.15, 0.2) is 29.6 Å². The topological polar surface area (TPSA) is 80.5 Å². The van der Waals surface area contributed by atoms with Gasteiger partial charge in [0.1, 0.15) is 12.4 Å². The second-order valence-corrected chi connectivity index (χ2v) is 7.43. The van der Waals surface area contributed by atoms with Crippen LogP contribution in [0.1, 0.15) is 49.2 Å². The van der Waals surface area contributed by atoms with Crippen LogP contribution in [0, 0.1) is 0 Å². The zero-order valence-corrected chi connectivity index (χ0v) is 15.9. The maximum Gasteiger partial charge on any atom is 0.222 e. The molecule has 0 spiro atoms. The van der Waals surface area contributed by atoms with Gasteiger partial charge >= 0.3 is 0 Å². The molecular weight excluding hydrogens is 348 g/mol. The number of nitrogens with two attached hydrogens (primary N) is 1. The van der Waals surface area contributed by atoms with Crippen molar-refractivity contribution in [2.45, 2.75) is 45.1 Å². The second-order valence-electron chi connectivity index (χ2n) is 6.54. The van der Waals surface area contributed by atoms with Crippen LogP contribution in [0.4, 0.5) is 5.69 Å². The minimum atomic E-state index is 0.287. The molecule has 26 heavy (non-hydrogen) atoms. The molecule has 0 bridgehead atoms. The van der Waals surface area contributed by atoms with E-state index < -0.39 is 0 Å². The molecule has 7 heteroatoms. The Hall–Kier alpha value is -2.12. The van der Waals surface area contributed by atoms with Gasteiger partial charge in [-0.25, -0.2) is 4.98 Å². The quantitative estimate of drug-likeness (QED) is 0.572. The molecule has 6 nitrogen and oxygen atoms in total. The lowest BCUT2D eigenvalue weighted by Crippen LogP contribution is -2.37. The fraction of sp³-hybridized carbons (Fsp3) is 0.474. The van der Waals surface area contributed by atoms with E-state index in [2.05, 4.69) is 10.8 Å². The molecule has 0 saturated carbocycles. The molecule has 0 atom stereocenters. The van der Waals surface area contributed by atoms with Crippen molar-refractivity contribution in [1.29, 1.82) is 0 Å². The summed E-state index contributed by atoms with van der Waals surface area (Å²) in [7, 11) is 0. The summed E-state index contributed by atoms with van der Waals surface area (Å²) in [5, 5.41) is 3.23. The predicted octanol–water partition coefficient (Wildman–Crippen LogP) is 3.51. The van der Waals surface area contributed by atoms with Crippen LogP contribution in [0.2, 0.25) is 0 Å². The van der Waals surface area contributed by atoms with E-state index in [-0.39, 0.29) is 5.91 Å². The van der Waals surface area contributed by atoms with Crippen LogP contribution in [-0.2, 0) is 11.4 Å². The molecule has 1 saturated heterocycles. The first-order valence-corrected chi connectivity index (χ1v) is 9.99. The molecule has 1 amide bonds. The standard InChI is InChI=1S/C19H26N4O2S/c1-2-3-18(24)23-10-8-14(9-11-23)19-21-16(13-26-19)12-25-17-6-4-15(22-20)5-7-17/h4-7,13-14,22H,2-3,8-12,20H2,1H3. The highest BCUT2D eigenvalue weighted by molar-refractivity contribution is 7.09. The normalized spacial score (nSPS) is 15.1. The van der Waals surface area contributed by atoms with Gasteiger partial charge in [0.15, 0.2) is 0 Å². The number of piperidine rings is 1. The summed E-state index contributed by atoms with van der Waals surface area (Å²) in [4.78, 5) is 18.7. The summed E-state index contributed by atoms with van der Waals surface area (Å²) >= 11 is 1.70. The maximum atomic E-state index is 12.0. The smallest absolute Gasteiger partial charge is 0.222 e. The minimum absolute atomic E-state index is 0.287. The number of nitrogens with zero attached hydrogens (tertiary/aromatic N) is 2. The first-order valence-electron chi connectivity index (χ1n) is 9.11. The number of benzene rings is 1. The molecule has 0 radical (unpaired) electrons. The van der Waals surface area contributed by atoms with Crippen LogP contribution in [0.25, 0.3) is 0 Å². The molecule has 140 valence electrons. The molecular formula is C19H26N4O2S. The number of likely N-dealkylation sites (tertiary alicyclic amines) is 1. The number of carbonyl (C=O) groups excluding carboxylic acids is 1. The Labute approximate surface area is 158 Å². The fourth-order valence-electron chi connectivity index (χ4n) is 3.13. The van der Waals surface area contributed by atoms with E-state index in [1.54, 1.807) is 11.3 Å². The molecule has 0 unspecified atom stereocenters. The van der Waals surface area contributed by atoms with Crippen molar-refractivity contribution in [2.24, 2.45) is 5.84 Å². The van der Waals surface area contributed by atoms with Gasteiger partial charge in [0.25, 0.3) is 0 Å². The highest BCUT2D eigenvalue weighted by atomic mass is 32.1. The lowest BCUT2D eigenvalue weighted by Gasteiger charge is -2.31. The van der Waals surface area contributed by atoms with Crippen molar-refractivity contribution in [3.05, 3.63) is 40.3 Å². The van der Waals surface area contributed by atoms with Gasteiger partial charge < -0.3 is 15.1 Å². The number of nitrogens with one attached hydrogen (secondary N) is 1. The Morgan fingerprint density at radius 2 is 2.08 bits per heavy atom. The third-order valence-electron chi connectivity index (χ3n) is 4.64. The Morgan fingerprint density at radius 1 is 1.35 bits per heavy atom. The van der Waals surface area contributed by atoms with E-state index in [9.17, 15) is 4.79 Å². The lowest BCUT2D eigenvalue weighted by molar-refractivity contribution is -0.132. The van der Waals surface area contributed by atoms with E-state index in [4.69, 9.17) is 15.6 Å². The molecule has 3 N–H and O–H groups in total. The summed E-state index contributed by atoms with van der Waals surface area (Å²) < 4.78 is 5.79. The van der Waals surface area contributed by atoms with Crippen LogP contribution in [-0.4, -0.2) is 28.9 Å². The highest BCUT2D eigenvalue weighted by Gasteiger charge is 2.25. The zero-order valence-electron chi connectivity index (χ0n) is 15.1. The summed E-state index contributed by atoms with van der Waals surface area (Å²) in [5.41, 5.74) is 4.39. The zero-order chi connectivity index (χ0) is 18.4. The van der Waals surface area contributed by atoms with E-state index in [1.165, 1.54) is 0 Å². The van der Waals surface area contributed by atoms with Crippen LogP contribution in [0.5, 0.6) is 5.75 Å². The molecule has 1 fully saturated rings. The average molecular weight is 375 g/mol. The van der Waals surface area contributed by atoms with Gasteiger partial charge in [0.05, 0.1) is 10.7 Å². The number of ether oxygens (including phenoxy) is 1. The number of aromatic nitrogens is 1. The van der Waals surface area contributed by atoms with E-state index in [0.717, 1.165) is 54.5 Å². The molecule has 1 aliphatic heterocycles. The first kappa shape index (κ1) is 18.7. The van der Waals surface area contributed by atoms with Crippen LogP contribution < -0.4 is 16.0 Å². The second kappa shape index (κ2) is 9.00. The number of carbonyl (C=O) groups is 1. The summed E-state index contributed by atoms with van der Waals surface area (Å²) in [6.07, 6.45) is 3.57. The molecule has 0 aliphatic carbocycles. The van der Waals surface area contributed by atoms with Crippen molar-refractivity contribution in [3.63, 3.8) is 0 Å². The number of hydrogen-bond acceptors (Lipinski definition) is 6. The molecule has 1 aromatic heterocycles. The number of hydrazine groups is 1. The van der Waals surface area contributed by atoms with E-state index in [0.29, 0.717) is 18.9 Å². The first-order chi connectivity index (χ1) is 12.7. The van der Waals surface area contributed by atoms with Crippen molar-refractivity contribution in [1.82, 2.24) is 9.88 Å². The van der Waals surface area contributed by atoms with Crippen LogP contribution in [0.3, 0.4) is 0 Å². The van der Waals surface area contributed by atoms with Crippen molar-refractivity contribution in [3.8, 4) is 5.75 Å². The highest BCUT2D eigenvalue weighted by Crippen LogP contribution is 2.31. The number of anilines is 1. The summed E-state index contributed by atoms with van der Waals surface area (Å²) in [6.45, 7) is 4.19. The van der Waals surface area contributed by atoms with Crippen molar-refractivity contribution >= 4 is 22.9 Å². The third-order valence-corrected chi connectivity index (χ3v) is 5.69. The molecule has 3 rings (SSSR count). The predicted molar refractivity (Wildman–Crippen MR) is 104 cm³/mol. The van der Waals surface area contributed by atoms with Crippen LogP contribution >= 0.6 is 11.3 Å². The Morgan fingerprint density at radius 3 is 2.73 bits per heavy atom. The average Bonchev–Trinajstić information content (AvgIpc) is 3.16. The Balaban J connectivity index is 1.49. The van der Waals surface area contributed by atoms with Gasteiger partial charge in [-0.1, -0.05) is 6.92 Å². The Kier molecular flexibility index (Phi) is 6.46. The summed E-state index contributed by atoms with van der Waals surface area (Å²) in [5.74, 6) is 6.89. The van der Waals surface area contributed by atoms with Gasteiger partial charge in [-0.15, -0.1) is 11.3 Å². The van der Waals surface area contributed by atoms with Crippen molar-refractivity contribution in [2.75, 3.05) is 18.5 Å². The lowest BCUT2D eigenvalue weighted by atomic mass is 9.97. The van der Waals surface area contributed by atoms with Gasteiger partial charge in [0, 0.05) is 36.5 Å². The molecule has 1 aromatic carbocycles. The number of thiazole rings is 1. The van der Waals surface area contributed by atoms with E-state index in [1.807, 2.05) is 36.1 Å². The Bertz CT molecular complexity index is 709. The SMILES string of the molecule is CCCC(=O)N1CCC(c2nc(COc3ccc(NN)cc3)cs2)CC1. The van der Waals surface area contributed by atoms with Gasteiger partial charge in [-0.3, -0.25) is 10.6 Å². The number of hydrogen-bond donors (Lipinski definition) is 2.